The first-order valence-electron chi connectivity index (χ1n) is 6.10. The Bertz CT molecular complexity index is 773. The van der Waals surface area contributed by atoms with Gasteiger partial charge in [0.05, 0.1) is 6.07 Å². The van der Waals surface area contributed by atoms with Gasteiger partial charge in [-0.05, 0) is 31.5 Å². The largest absolute Gasteiger partial charge is 0.573 e. The summed E-state index contributed by atoms with van der Waals surface area (Å²) in [5.41, 5.74) is 1.04. The number of halogens is 3. The number of nitrogens with zero attached hydrogens (tertiary/aromatic N) is 1. The van der Waals surface area contributed by atoms with Crippen molar-refractivity contribution < 1.29 is 17.9 Å². The third kappa shape index (κ3) is 3.34. The van der Waals surface area contributed by atoms with Crippen molar-refractivity contribution >= 4 is 10.9 Å². The molecule has 0 amide bonds. The van der Waals surface area contributed by atoms with Gasteiger partial charge in [0.2, 0.25) is 0 Å². The first-order valence-corrected chi connectivity index (χ1v) is 6.10. The Morgan fingerprint density at radius 2 is 2.10 bits per heavy atom. The van der Waals surface area contributed by atoms with Gasteiger partial charge in [0.1, 0.15) is 5.75 Å². The van der Waals surface area contributed by atoms with Crippen LogP contribution >= 0.6 is 0 Å². The second-order valence-corrected chi connectivity index (χ2v) is 4.47. The van der Waals surface area contributed by atoms with E-state index in [0.717, 1.165) is 12.1 Å². The molecule has 110 valence electrons. The van der Waals surface area contributed by atoms with Crippen molar-refractivity contribution in [3.63, 3.8) is 0 Å². The normalized spacial score (nSPS) is 11.4. The van der Waals surface area contributed by atoms with Crippen molar-refractivity contribution in [2.45, 2.75) is 26.1 Å². The number of H-pyrrole nitrogens is 1. The summed E-state index contributed by atoms with van der Waals surface area (Å²) in [6, 6.07) is 5.49. The number of pyridine rings is 1. The zero-order valence-corrected chi connectivity index (χ0v) is 11.0. The van der Waals surface area contributed by atoms with Crippen LogP contribution in [0.15, 0.2) is 23.0 Å². The van der Waals surface area contributed by atoms with Gasteiger partial charge in [-0.3, -0.25) is 4.79 Å². The third-order valence-electron chi connectivity index (χ3n) is 3.00. The van der Waals surface area contributed by atoms with Crippen LogP contribution in [-0.2, 0) is 6.42 Å². The molecule has 0 atom stereocenters. The number of alkyl halides is 3. The Hall–Kier alpha value is -2.49. The minimum atomic E-state index is -4.81. The van der Waals surface area contributed by atoms with E-state index in [-0.39, 0.29) is 23.7 Å². The molecule has 0 saturated heterocycles. The predicted molar refractivity (Wildman–Crippen MR) is 69.9 cm³/mol. The monoisotopic (exact) mass is 296 g/mol. The zero-order chi connectivity index (χ0) is 15.6. The van der Waals surface area contributed by atoms with Gasteiger partial charge in [-0.2, -0.15) is 5.26 Å². The Balaban J connectivity index is 2.55. The van der Waals surface area contributed by atoms with Crippen molar-refractivity contribution in [1.82, 2.24) is 4.98 Å². The van der Waals surface area contributed by atoms with Gasteiger partial charge in [-0.25, -0.2) is 0 Å². The Morgan fingerprint density at radius 3 is 2.71 bits per heavy atom. The quantitative estimate of drug-likeness (QED) is 0.946. The van der Waals surface area contributed by atoms with Crippen LogP contribution in [0.1, 0.15) is 17.7 Å². The van der Waals surface area contributed by atoms with Crippen LogP contribution in [0.5, 0.6) is 5.75 Å². The fraction of sp³-hybridized carbons (Fsp3) is 0.286. The van der Waals surface area contributed by atoms with Crippen molar-refractivity contribution in [2.24, 2.45) is 0 Å². The van der Waals surface area contributed by atoms with Crippen LogP contribution in [0.25, 0.3) is 10.9 Å². The van der Waals surface area contributed by atoms with Crippen molar-refractivity contribution in [2.75, 3.05) is 0 Å². The maximum absolute atomic E-state index is 12.3. The highest BCUT2D eigenvalue weighted by molar-refractivity contribution is 5.81. The van der Waals surface area contributed by atoms with Gasteiger partial charge < -0.3 is 9.72 Å². The first kappa shape index (κ1) is 14.9. The molecule has 1 N–H and O–H groups in total. The number of benzene rings is 1. The molecular weight excluding hydrogens is 285 g/mol. The lowest BCUT2D eigenvalue weighted by Crippen LogP contribution is -2.18. The lowest BCUT2D eigenvalue weighted by atomic mass is 10.0. The average molecular weight is 296 g/mol. The second-order valence-electron chi connectivity index (χ2n) is 4.47. The molecule has 4 nitrogen and oxygen atoms in total. The molecule has 7 heteroatoms. The molecule has 0 unspecified atom stereocenters. The van der Waals surface area contributed by atoms with E-state index in [1.807, 2.05) is 6.07 Å². The van der Waals surface area contributed by atoms with Crippen molar-refractivity contribution in [1.29, 1.82) is 5.26 Å². The molecule has 0 aliphatic heterocycles. The fourth-order valence-electron chi connectivity index (χ4n) is 2.11. The summed E-state index contributed by atoms with van der Waals surface area (Å²) in [7, 11) is 0. The number of aromatic nitrogens is 1. The van der Waals surface area contributed by atoms with E-state index in [9.17, 15) is 18.0 Å². The molecule has 0 saturated carbocycles. The summed E-state index contributed by atoms with van der Waals surface area (Å²) < 4.78 is 40.4. The summed E-state index contributed by atoms with van der Waals surface area (Å²) in [4.78, 5) is 15.3. The molecule has 0 spiro atoms. The van der Waals surface area contributed by atoms with E-state index in [1.165, 1.54) is 6.07 Å². The molecule has 0 radical (unpaired) electrons. The predicted octanol–water partition coefficient (Wildman–Crippen LogP) is 3.19. The molecule has 0 aliphatic rings. The highest BCUT2D eigenvalue weighted by atomic mass is 19.4. The Kier molecular flexibility index (Phi) is 3.89. The molecule has 1 heterocycles. The van der Waals surface area contributed by atoms with Crippen LogP contribution in [0, 0.1) is 18.3 Å². The molecule has 0 aliphatic carbocycles. The maximum Gasteiger partial charge on any atom is 0.573 e. The average Bonchev–Trinajstić information content (AvgIpc) is 2.38. The van der Waals surface area contributed by atoms with Crippen LogP contribution in [-0.4, -0.2) is 11.3 Å². The summed E-state index contributed by atoms with van der Waals surface area (Å²) in [5.74, 6) is -0.449. The Labute approximate surface area is 117 Å². The van der Waals surface area contributed by atoms with Crippen molar-refractivity contribution in [3.05, 3.63) is 39.7 Å². The zero-order valence-electron chi connectivity index (χ0n) is 11.0. The summed E-state index contributed by atoms with van der Waals surface area (Å²) in [6.07, 6.45) is -4.40. The number of hydrogen-bond acceptors (Lipinski definition) is 3. The summed E-state index contributed by atoms with van der Waals surface area (Å²) in [6.45, 7) is 1.69. The number of nitriles is 1. The van der Waals surface area contributed by atoms with Gasteiger partial charge in [-0.15, -0.1) is 13.2 Å². The standard InChI is InChI=1S/C14H11F3N2O2/c1-8-10(3-2-6-18)13(20)11-7-9(21-14(15,16)17)4-5-12(11)19-8/h4-5,7H,2-3H2,1H3,(H,19,20). The molecule has 21 heavy (non-hydrogen) atoms. The summed E-state index contributed by atoms with van der Waals surface area (Å²) in [5, 5.41) is 8.69. The van der Waals surface area contributed by atoms with Crippen molar-refractivity contribution in [3.8, 4) is 11.8 Å². The van der Waals surface area contributed by atoms with Gasteiger partial charge >= 0.3 is 6.36 Å². The number of hydrogen-bond donors (Lipinski definition) is 1. The lowest BCUT2D eigenvalue weighted by molar-refractivity contribution is -0.274. The van der Waals surface area contributed by atoms with Gasteiger partial charge in [0.15, 0.2) is 5.43 Å². The smallest absolute Gasteiger partial charge is 0.406 e. The number of rotatable bonds is 3. The number of fused-ring (bicyclic) bond motifs is 1. The maximum atomic E-state index is 12.3. The van der Waals surface area contributed by atoms with Gasteiger partial charge in [0.25, 0.3) is 0 Å². The van der Waals surface area contributed by atoms with Crippen LogP contribution in [0.3, 0.4) is 0 Å². The number of aromatic amines is 1. The van der Waals surface area contributed by atoms with Crippen LogP contribution < -0.4 is 10.2 Å². The highest BCUT2D eigenvalue weighted by Gasteiger charge is 2.31. The molecule has 2 aromatic rings. The SMILES string of the molecule is Cc1[nH]c2ccc(OC(F)(F)F)cc2c(=O)c1CCC#N. The van der Waals surface area contributed by atoms with Crippen LogP contribution in [0.2, 0.25) is 0 Å². The number of ether oxygens (including phenoxy) is 1. The molecule has 0 fully saturated rings. The van der Waals surface area contributed by atoms with Gasteiger partial charge in [-0.1, -0.05) is 0 Å². The first-order chi connectivity index (χ1) is 9.81. The number of aryl methyl sites for hydroxylation is 1. The molecule has 1 aromatic carbocycles. The van der Waals surface area contributed by atoms with E-state index >= 15 is 0 Å². The van der Waals surface area contributed by atoms with E-state index in [2.05, 4.69) is 9.72 Å². The van der Waals surface area contributed by atoms with E-state index < -0.39 is 12.1 Å². The molecule has 2 rings (SSSR count). The van der Waals surface area contributed by atoms with E-state index in [4.69, 9.17) is 5.26 Å². The van der Waals surface area contributed by atoms with E-state index in [0.29, 0.717) is 16.8 Å². The third-order valence-corrected chi connectivity index (χ3v) is 3.00. The molecular formula is C14H11F3N2O2. The fourth-order valence-corrected chi connectivity index (χ4v) is 2.11. The lowest BCUT2D eigenvalue weighted by Gasteiger charge is -2.11. The molecule has 0 bridgehead atoms. The summed E-state index contributed by atoms with van der Waals surface area (Å²) >= 11 is 0. The second kappa shape index (κ2) is 5.48. The Morgan fingerprint density at radius 1 is 1.38 bits per heavy atom. The van der Waals surface area contributed by atoms with E-state index in [1.54, 1.807) is 6.92 Å². The van der Waals surface area contributed by atoms with Gasteiger partial charge in [0, 0.05) is 28.6 Å². The van der Waals surface area contributed by atoms with Crippen LogP contribution in [0.4, 0.5) is 13.2 Å². The highest BCUT2D eigenvalue weighted by Crippen LogP contribution is 2.25. The number of nitrogens with one attached hydrogen (secondary N) is 1. The molecule has 1 aromatic heterocycles. The topological polar surface area (TPSA) is 65.9 Å². The minimum absolute atomic E-state index is 0.107. The minimum Gasteiger partial charge on any atom is -0.406 e.